The van der Waals surface area contributed by atoms with E-state index >= 15 is 0 Å². The molecule has 0 spiro atoms. The first-order chi connectivity index (χ1) is 15.8. The van der Waals surface area contributed by atoms with Gasteiger partial charge in [0.1, 0.15) is 0 Å². The van der Waals surface area contributed by atoms with Crippen molar-refractivity contribution in [3.8, 4) is 0 Å². The third-order valence-corrected chi connectivity index (χ3v) is 7.01. The van der Waals surface area contributed by atoms with Crippen LogP contribution in [0.25, 0.3) is 0 Å². The Bertz CT molecular complexity index is 1200. The van der Waals surface area contributed by atoms with E-state index in [-0.39, 0.29) is 17.9 Å². The summed E-state index contributed by atoms with van der Waals surface area (Å²) in [5.74, 6) is -1.16. The summed E-state index contributed by atoms with van der Waals surface area (Å²) in [7, 11) is -3.71. The van der Waals surface area contributed by atoms with Crippen LogP contribution in [0.5, 0.6) is 0 Å². The van der Waals surface area contributed by atoms with Crippen LogP contribution in [0, 0.1) is 6.92 Å². The van der Waals surface area contributed by atoms with Crippen molar-refractivity contribution in [3.05, 3.63) is 84.4 Å². The van der Waals surface area contributed by atoms with Crippen LogP contribution in [0.3, 0.4) is 0 Å². The molecule has 9 heteroatoms. The minimum Gasteiger partial charge on any atom is -0.456 e. The average molecular weight is 485 g/mol. The fourth-order valence-electron chi connectivity index (χ4n) is 2.77. The molecule has 0 aliphatic carbocycles. The van der Waals surface area contributed by atoms with E-state index in [1.807, 2.05) is 49.4 Å². The average Bonchev–Trinajstić information content (AvgIpc) is 2.80. The molecule has 172 valence electrons. The van der Waals surface area contributed by atoms with E-state index in [0.717, 1.165) is 15.4 Å². The lowest BCUT2D eigenvalue weighted by Gasteiger charge is -2.11. The van der Waals surface area contributed by atoms with Gasteiger partial charge in [0, 0.05) is 16.3 Å². The predicted octanol–water partition coefficient (Wildman–Crippen LogP) is 4.00. The van der Waals surface area contributed by atoms with Gasteiger partial charge in [0.05, 0.1) is 17.0 Å². The molecule has 0 bridgehead atoms. The van der Waals surface area contributed by atoms with E-state index in [2.05, 4.69) is 10.0 Å². The van der Waals surface area contributed by atoms with E-state index < -0.39 is 28.5 Å². The van der Waals surface area contributed by atoms with Crippen molar-refractivity contribution in [2.75, 3.05) is 18.5 Å². The summed E-state index contributed by atoms with van der Waals surface area (Å²) in [5.41, 5.74) is 1.55. The normalized spacial score (nSPS) is 11.1. The number of rotatable bonds is 10. The molecule has 0 aliphatic heterocycles. The van der Waals surface area contributed by atoms with Gasteiger partial charge in [-0.3, -0.25) is 9.59 Å². The second-order valence-corrected chi connectivity index (χ2v) is 9.96. The Morgan fingerprint density at radius 1 is 0.909 bits per heavy atom. The van der Waals surface area contributed by atoms with Gasteiger partial charge in [0.25, 0.3) is 5.91 Å². The number of carbonyl (C=O) groups is 2. The van der Waals surface area contributed by atoms with Crippen LogP contribution in [0.4, 0.5) is 5.69 Å². The standard InChI is InChI=1S/C24H24N2O5S2/c1-18-11-13-20(14-12-18)33(29,30)25-16-15-24(28)31-17-23(27)26-21-9-5-6-10-22(21)32-19-7-3-2-4-8-19/h2-14,25H,15-17H2,1H3,(H,26,27). The molecular formula is C24H24N2O5S2. The lowest BCUT2D eigenvalue weighted by Crippen LogP contribution is -2.28. The van der Waals surface area contributed by atoms with Crippen molar-refractivity contribution >= 4 is 39.3 Å². The van der Waals surface area contributed by atoms with E-state index in [0.29, 0.717) is 5.69 Å². The van der Waals surface area contributed by atoms with Gasteiger partial charge in [-0.15, -0.1) is 0 Å². The van der Waals surface area contributed by atoms with Gasteiger partial charge < -0.3 is 10.1 Å². The summed E-state index contributed by atoms with van der Waals surface area (Å²) < 4.78 is 31.8. The molecule has 33 heavy (non-hydrogen) atoms. The summed E-state index contributed by atoms with van der Waals surface area (Å²) in [6.45, 7) is 1.26. The Morgan fingerprint density at radius 2 is 1.58 bits per heavy atom. The number of ether oxygens (including phenoxy) is 1. The summed E-state index contributed by atoms with van der Waals surface area (Å²) in [5, 5.41) is 2.74. The molecule has 0 saturated carbocycles. The number of sulfonamides is 1. The second kappa shape index (κ2) is 11.6. The maximum Gasteiger partial charge on any atom is 0.307 e. The molecule has 1 amide bonds. The second-order valence-electron chi connectivity index (χ2n) is 7.08. The van der Waals surface area contributed by atoms with Crippen LogP contribution in [0.2, 0.25) is 0 Å². The number of para-hydroxylation sites is 1. The van der Waals surface area contributed by atoms with Crippen molar-refractivity contribution < 1.29 is 22.7 Å². The van der Waals surface area contributed by atoms with Gasteiger partial charge in [-0.05, 0) is 43.3 Å². The molecule has 0 saturated heterocycles. The van der Waals surface area contributed by atoms with Crippen molar-refractivity contribution in [1.82, 2.24) is 4.72 Å². The molecule has 0 unspecified atom stereocenters. The number of hydrogen-bond donors (Lipinski definition) is 2. The van der Waals surface area contributed by atoms with Crippen LogP contribution < -0.4 is 10.0 Å². The smallest absolute Gasteiger partial charge is 0.307 e. The summed E-state index contributed by atoms with van der Waals surface area (Å²) in [4.78, 5) is 26.2. The fourth-order valence-corrected chi connectivity index (χ4v) is 4.72. The van der Waals surface area contributed by atoms with E-state index in [9.17, 15) is 18.0 Å². The molecule has 0 aromatic heterocycles. The van der Waals surface area contributed by atoms with Gasteiger partial charge in [-0.2, -0.15) is 0 Å². The molecule has 0 fully saturated rings. The maximum absolute atomic E-state index is 12.3. The van der Waals surface area contributed by atoms with Crippen LogP contribution in [0.1, 0.15) is 12.0 Å². The third kappa shape index (κ3) is 7.74. The van der Waals surface area contributed by atoms with Gasteiger partial charge in [0.15, 0.2) is 6.61 Å². The number of aryl methyl sites for hydroxylation is 1. The molecule has 2 N–H and O–H groups in total. The Morgan fingerprint density at radius 3 is 2.30 bits per heavy atom. The summed E-state index contributed by atoms with van der Waals surface area (Å²) in [6.07, 6.45) is -0.196. The van der Waals surface area contributed by atoms with E-state index in [1.54, 1.807) is 24.3 Å². The Balaban J connectivity index is 1.44. The number of hydrogen-bond acceptors (Lipinski definition) is 6. The predicted molar refractivity (Wildman–Crippen MR) is 128 cm³/mol. The number of nitrogens with one attached hydrogen (secondary N) is 2. The highest BCUT2D eigenvalue weighted by Crippen LogP contribution is 2.33. The largest absolute Gasteiger partial charge is 0.456 e. The zero-order chi connectivity index (χ0) is 23.7. The topological polar surface area (TPSA) is 102 Å². The molecule has 0 aliphatic rings. The highest BCUT2D eigenvalue weighted by Gasteiger charge is 2.15. The number of esters is 1. The number of benzene rings is 3. The first-order valence-corrected chi connectivity index (χ1v) is 12.5. The maximum atomic E-state index is 12.3. The zero-order valence-electron chi connectivity index (χ0n) is 18.0. The van der Waals surface area contributed by atoms with Crippen molar-refractivity contribution in [2.45, 2.75) is 28.0 Å². The van der Waals surface area contributed by atoms with E-state index in [4.69, 9.17) is 4.74 Å². The van der Waals surface area contributed by atoms with Crippen molar-refractivity contribution in [3.63, 3.8) is 0 Å². The number of anilines is 1. The van der Waals surface area contributed by atoms with Crippen molar-refractivity contribution in [2.24, 2.45) is 0 Å². The molecule has 3 aromatic carbocycles. The van der Waals surface area contributed by atoms with Gasteiger partial charge in [-0.1, -0.05) is 59.8 Å². The molecular weight excluding hydrogens is 460 g/mol. The van der Waals surface area contributed by atoms with Crippen LogP contribution in [0.15, 0.2) is 93.5 Å². The zero-order valence-corrected chi connectivity index (χ0v) is 19.6. The van der Waals surface area contributed by atoms with Gasteiger partial charge in [0.2, 0.25) is 10.0 Å². The number of carbonyl (C=O) groups excluding carboxylic acids is 2. The minimum absolute atomic E-state index is 0.118. The Hall–Kier alpha value is -3.14. The summed E-state index contributed by atoms with van der Waals surface area (Å²) >= 11 is 1.51. The van der Waals surface area contributed by atoms with Crippen LogP contribution in [-0.2, 0) is 24.3 Å². The van der Waals surface area contributed by atoms with Crippen molar-refractivity contribution in [1.29, 1.82) is 0 Å². The van der Waals surface area contributed by atoms with Gasteiger partial charge in [-0.25, -0.2) is 13.1 Å². The van der Waals surface area contributed by atoms with E-state index in [1.165, 1.54) is 23.9 Å². The molecule has 3 rings (SSSR count). The minimum atomic E-state index is -3.71. The summed E-state index contributed by atoms with van der Waals surface area (Å²) in [6, 6.07) is 23.4. The van der Waals surface area contributed by atoms with Crippen LogP contribution >= 0.6 is 11.8 Å². The Labute approximate surface area is 197 Å². The monoisotopic (exact) mass is 484 g/mol. The molecule has 0 radical (unpaired) electrons. The molecule has 7 nitrogen and oxygen atoms in total. The third-order valence-electron chi connectivity index (χ3n) is 4.45. The highest BCUT2D eigenvalue weighted by atomic mass is 32.2. The lowest BCUT2D eigenvalue weighted by molar-refractivity contribution is -0.147. The molecule has 0 heterocycles. The quantitative estimate of drug-likeness (QED) is 0.422. The van der Waals surface area contributed by atoms with Crippen LogP contribution in [-0.4, -0.2) is 33.4 Å². The first kappa shape index (κ1) is 24.5. The molecule has 3 aromatic rings. The number of amides is 1. The SMILES string of the molecule is Cc1ccc(S(=O)(=O)NCCC(=O)OCC(=O)Nc2ccccc2Sc2ccccc2)cc1. The fraction of sp³-hybridized carbons (Fsp3) is 0.167. The lowest BCUT2D eigenvalue weighted by atomic mass is 10.2. The highest BCUT2D eigenvalue weighted by molar-refractivity contribution is 7.99. The Kier molecular flexibility index (Phi) is 8.65. The molecule has 0 atom stereocenters. The first-order valence-electron chi connectivity index (χ1n) is 10.2. The van der Waals surface area contributed by atoms with Gasteiger partial charge >= 0.3 is 5.97 Å².